The predicted molar refractivity (Wildman–Crippen MR) is 75.5 cm³/mol. The number of aromatic nitrogens is 1. The van der Waals surface area contributed by atoms with Gasteiger partial charge in [0.15, 0.2) is 0 Å². The van der Waals surface area contributed by atoms with Gasteiger partial charge in [0.25, 0.3) is 0 Å². The zero-order valence-electron chi connectivity index (χ0n) is 10.7. The van der Waals surface area contributed by atoms with Crippen molar-refractivity contribution >= 4 is 23.0 Å². The van der Waals surface area contributed by atoms with Crippen LogP contribution in [0.3, 0.4) is 0 Å². The molecule has 1 saturated heterocycles. The van der Waals surface area contributed by atoms with E-state index in [4.69, 9.17) is 18.0 Å². The van der Waals surface area contributed by atoms with E-state index in [0.717, 1.165) is 23.6 Å². The molecule has 0 aliphatic carbocycles. The van der Waals surface area contributed by atoms with Gasteiger partial charge in [0, 0.05) is 23.3 Å². The van der Waals surface area contributed by atoms with Crippen molar-refractivity contribution in [1.82, 2.24) is 4.98 Å². The van der Waals surface area contributed by atoms with Crippen molar-refractivity contribution in [2.24, 2.45) is 5.73 Å². The normalized spacial score (nSPS) is 18.4. The number of anilines is 1. The van der Waals surface area contributed by atoms with Gasteiger partial charge in [-0.2, -0.15) is 0 Å². The van der Waals surface area contributed by atoms with Crippen LogP contribution in [0.2, 0.25) is 0 Å². The van der Waals surface area contributed by atoms with Gasteiger partial charge in [0.2, 0.25) is 0 Å². The van der Waals surface area contributed by atoms with Gasteiger partial charge in [0.1, 0.15) is 10.8 Å². The Kier molecular flexibility index (Phi) is 3.08. The van der Waals surface area contributed by atoms with E-state index < -0.39 is 0 Å². The van der Waals surface area contributed by atoms with Crippen molar-refractivity contribution in [3.8, 4) is 0 Å². The smallest absolute Gasteiger partial charge is 0.129 e. The summed E-state index contributed by atoms with van der Waals surface area (Å²) in [5, 5.41) is 0. The Balaban J connectivity index is 2.42. The average Bonchev–Trinajstić information content (AvgIpc) is 2.57. The monoisotopic (exact) mass is 249 g/mol. The number of thiocarbonyl (C=S) groups is 1. The molecule has 17 heavy (non-hydrogen) atoms. The van der Waals surface area contributed by atoms with Gasteiger partial charge in [-0.25, -0.2) is 4.98 Å². The summed E-state index contributed by atoms with van der Waals surface area (Å²) in [5.41, 5.74) is 7.75. The van der Waals surface area contributed by atoms with Crippen LogP contribution in [0.5, 0.6) is 0 Å². The zero-order chi connectivity index (χ0) is 12.6. The Morgan fingerprint density at radius 1 is 1.47 bits per heavy atom. The fourth-order valence-corrected chi connectivity index (χ4v) is 2.58. The Bertz CT molecular complexity index is 454. The topological polar surface area (TPSA) is 42.1 Å². The van der Waals surface area contributed by atoms with Gasteiger partial charge in [0.05, 0.1) is 0 Å². The molecular weight excluding hydrogens is 230 g/mol. The number of hydrogen-bond acceptors (Lipinski definition) is 3. The van der Waals surface area contributed by atoms with Crippen LogP contribution in [0.15, 0.2) is 12.1 Å². The molecule has 92 valence electrons. The summed E-state index contributed by atoms with van der Waals surface area (Å²) in [6, 6.07) is 3.94. The summed E-state index contributed by atoms with van der Waals surface area (Å²) in [6.45, 7) is 7.55. The SMILES string of the molecule is Cc1cc(C(N)=S)cc(N2CCCC2(C)C)n1. The molecule has 0 bridgehead atoms. The second-order valence-corrected chi connectivity index (χ2v) is 5.73. The standard InChI is InChI=1S/C13H19N3S/c1-9-7-10(12(14)17)8-11(15-9)16-6-4-5-13(16,2)3/h7-8H,4-6H2,1-3H3,(H2,14,17). The zero-order valence-corrected chi connectivity index (χ0v) is 11.5. The first-order valence-corrected chi connectivity index (χ1v) is 6.37. The molecule has 0 saturated carbocycles. The molecule has 0 aromatic carbocycles. The third-order valence-electron chi connectivity index (χ3n) is 3.40. The van der Waals surface area contributed by atoms with Crippen LogP contribution in [0.1, 0.15) is 37.9 Å². The van der Waals surface area contributed by atoms with Crippen molar-refractivity contribution in [2.75, 3.05) is 11.4 Å². The molecule has 2 rings (SSSR count). The van der Waals surface area contributed by atoms with Crippen LogP contribution in [0, 0.1) is 6.92 Å². The maximum atomic E-state index is 5.70. The maximum absolute atomic E-state index is 5.70. The average molecular weight is 249 g/mol. The van der Waals surface area contributed by atoms with Gasteiger partial charge >= 0.3 is 0 Å². The minimum Gasteiger partial charge on any atom is -0.389 e. The molecule has 0 unspecified atom stereocenters. The lowest BCUT2D eigenvalue weighted by molar-refractivity contribution is 0.514. The minimum atomic E-state index is 0.175. The third kappa shape index (κ3) is 2.41. The van der Waals surface area contributed by atoms with E-state index in [9.17, 15) is 0 Å². The molecule has 0 amide bonds. The van der Waals surface area contributed by atoms with E-state index in [1.54, 1.807) is 0 Å². The lowest BCUT2D eigenvalue weighted by Crippen LogP contribution is -2.38. The second kappa shape index (κ2) is 4.26. The predicted octanol–water partition coefficient (Wildman–Crippen LogP) is 2.40. The molecule has 4 heteroatoms. The molecule has 1 aliphatic rings. The summed E-state index contributed by atoms with van der Waals surface area (Å²) in [5.74, 6) is 0.996. The van der Waals surface area contributed by atoms with Crippen molar-refractivity contribution < 1.29 is 0 Å². The Morgan fingerprint density at radius 2 is 2.18 bits per heavy atom. The van der Waals surface area contributed by atoms with E-state index >= 15 is 0 Å². The Morgan fingerprint density at radius 3 is 2.71 bits per heavy atom. The first kappa shape index (κ1) is 12.3. The second-order valence-electron chi connectivity index (χ2n) is 5.29. The van der Waals surface area contributed by atoms with E-state index in [-0.39, 0.29) is 5.54 Å². The lowest BCUT2D eigenvalue weighted by Gasteiger charge is -2.33. The van der Waals surface area contributed by atoms with Crippen molar-refractivity contribution in [3.05, 3.63) is 23.4 Å². The Labute approximate surface area is 108 Å². The molecular formula is C13H19N3S. The highest BCUT2D eigenvalue weighted by molar-refractivity contribution is 7.80. The minimum absolute atomic E-state index is 0.175. The van der Waals surface area contributed by atoms with Crippen LogP contribution in [-0.2, 0) is 0 Å². The number of nitrogens with zero attached hydrogens (tertiary/aromatic N) is 2. The van der Waals surface area contributed by atoms with Gasteiger partial charge in [-0.1, -0.05) is 12.2 Å². The molecule has 1 aromatic heterocycles. The molecule has 0 spiro atoms. The molecule has 0 radical (unpaired) electrons. The number of hydrogen-bond donors (Lipinski definition) is 1. The summed E-state index contributed by atoms with van der Waals surface area (Å²) in [4.78, 5) is 7.39. The molecule has 1 aliphatic heterocycles. The van der Waals surface area contributed by atoms with Crippen LogP contribution in [0.4, 0.5) is 5.82 Å². The Hall–Kier alpha value is -1.16. The lowest BCUT2D eigenvalue weighted by atomic mass is 10.0. The maximum Gasteiger partial charge on any atom is 0.129 e. The van der Waals surface area contributed by atoms with E-state index in [2.05, 4.69) is 23.7 Å². The molecule has 2 heterocycles. The van der Waals surface area contributed by atoms with E-state index in [1.165, 1.54) is 12.8 Å². The summed E-state index contributed by atoms with van der Waals surface area (Å²) in [6.07, 6.45) is 2.41. The highest BCUT2D eigenvalue weighted by Crippen LogP contribution is 2.32. The highest BCUT2D eigenvalue weighted by Gasteiger charge is 2.32. The van der Waals surface area contributed by atoms with Crippen LogP contribution >= 0.6 is 12.2 Å². The van der Waals surface area contributed by atoms with Crippen molar-refractivity contribution in [2.45, 2.75) is 39.2 Å². The first-order chi connectivity index (χ1) is 7.90. The van der Waals surface area contributed by atoms with Gasteiger partial charge in [-0.05, 0) is 45.7 Å². The molecule has 1 aromatic rings. The van der Waals surface area contributed by atoms with E-state index in [1.807, 2.05) is 19.1 Å². The third-order valence-corrected chi connectivity index (χ3v) is 3.64. The fourth-order valence-electron chi connectivity index (χ4n) is 2.46. The summed E-state index contributed by atoms with van der Waals surface area (Å²) < 4.78 is 0. The number of rotatable bonds is 2. The molecule has 0 atom stereocenters. The largest absolute Gasteiger partial charge is 0.389 e. The fraction of sp³-hybridized carbons (Fsp3) is 0.538. The summed E-state index contributed by atoms with van der Waals surface area (Å²) >= 11 is 5.04. The highest BCUT2D eigenvalue weighted by atomic mass is 32.1. The number of aryl methyl sites for hydroxylation is 1. The quantitative estimate of drug-likeness (QED) is 0.817. The number of pyridine rings is 1. The first-order valence-electron chi connectivity index (χ1n) is 5.96. The van der Waals surface area contributed by atoms with Crippen molar-refractivity contribution in [1.29, 1.82) is 0 Å². The van der Waals surface area contributed by atoms with Crippen LogP contribution in [0.25, 0.3) is 0 Å². The van der Waals surface area contributed by atoms with Crippen LogP contribution in [-0.4, -0.2) is 22.1 Å². The molecule has 1 fully saturated rings. The van der Waals surface area contributed by atoms with Gasteiger partial charge in [-0.3, -0.25) is 0 Å². The molecule has 3 nitrogen and oxygen atoms in total. The number of nitrogens with two attached hydrogens (primary N) is 1. The van der Waals surface area contributed by atoms with E-state index in [0.29, 0.717) is 4.99 Å². The van der Waals surface area contributed by atoms with Gasteiger partial charge < -0.3 is 10.6 Å². The molecule has 2 N–H and O–H groups in total. The van der Waals surface area contributed by atoms with Gasteiger partial charge in [-0.15, -0.1) is 0 Å². The van der Waals surface area contributed by atoms with Crippen molar-refractivity contribution in [3.63, 3.8) is 0 Å². The van der Waals surface area contributed by atoms with Crippen LogP contribution < -0.4 is 10.6 Å². The summed E-state index contributed by atoms with van der Waals surface area (Å²) in [7, 11) is 0.